The minimum absolute atomic E-state index is 0.255. The summed E-state index contributed by atoms with van der Waals surface area (Å²) in [5.41, 5.74) is 9.06. The minimum Gasteiger partial charge on any atom is -0.489 e. The predicted octanol–water partition coefficient (Wildman–Crippen LogP) is 3.33. The number of nitrogens with two attached hydrogens (primary N) is 1. The van der Waals surface area contributed by atoms with Crippen LogP contribution in [0.3, 0.4) is 0 Å². The van der Waals surface area contributed by atoms with Gasteiger partial charge in [0.1, 0.15) is 18.2 Å². The molecule has 0 fully saturated rings. The molecule has 2 nitrogen and oxygen atoms in total. The molecular weight excluding hydrogens is 265 g/mol. The van der Waals surface area contributed by atoms with Crippen LogP contribution >= 0.6 is 0 Å². The standard InChI is InChI=1S/C18H18FNO/c1-13-5-6-18(8-14(13)2)21-12-16-9-15(4-3-7-20)10-17(19)11-16/h5-6,8-11H,7,12,20H2,1-2H3. The van der Waals surface area contributed by atoms with E-state index < -0.39 is 0 Å². The summed E-state index contributed by atoms with van der Waals surface area (Å²) in [6, 6.07) is 10.6. The molecule has 0 aliphatic carbocycles. The maximum atomic E-state index is 13.5. The third kappa shape index (κ3) is 4.34. The second kappa shape index (κ2) is 6.92. The number of hydrogen-bond donors (Lipinski definition) is 1. The lowest BCUT2D eigenvalue weighted by Gasteiger charge is -2.09. The van der Waals surface area contributed by atoms with E-state index in [9.17, 15) is 4.39 Å². The summed E-state index contributed by atoms with van der Waals surface area (Å²) in [6.07, 6.45) is 0. The molecule has 0 heterocycles. The summed E-state index contributed by atoms with van der Waals surface area (Å²) in [7, 11) is 0. The second-order valence-electron chi connectivity index (χ2n) is 4.89. The van der Waals surface area contributed by atoms with Crippen LogP contribution in [-0.4, -0.2) is 6.54 Å². The predicted molar refractivity (Wildman–Crippen MR) is 82.6 cm³/mol. The van der Waals surface area contributed by atoms with E-state index in [2.05, 4.69) is 11.8 Å². The maximum Gasteiger partial charge on any atom is 0.124 e. The van der Waals surface area contributed by atoms with Gasteiger partial charge in [0.25, 0.3) is 0 Å². The highest BCUT2D eigenvalue weighted by Gasteiger charge is 2.02. The highest BCUT2D eigenvalue weighted by atomic mass is 19.1. The molecule has 3 heteroatoms. The van der Waals surface area contributed by atoms with Crippen LogP contribution in [-0.2, 0) is 6.61 Å². The molecule has 2 aromatic carbocycles. The van der Waals surface area contributed by atoms with Crippen LogP contribution in [0.25, 0.3) is 0 Å². The van der Waals surface area contributed by atoms with Crippen molar-refractivity contribution in [3.8, 4) is 17.6 Å². The Bertz CT molecular complexity index is 698. The zero-order valence-electron chi connectivity index (χ0n) is 12.2. The van der Waals surface area contributed by atoms with Gasteiger partial charge in [-0.3, -0.25) is 0 Å². The topological polar surface area (TPSA) is 35.2 Å². The van der Waals surface area contributed by atoms with Gasteiger partial charge in [-0.2, -0.15) is 0 Å². The van der Waals surface area contributed by atoms with Gasteiger partial charge in [0.15, 0.2) is 0 Å². The molecule has 0 spiro atoms. The third-order valence-electron chi connectivity index (χ3n) is 3.18. The molecular formula is C18H18FNO. The van der Waals surface area contributed by atoms with Gasteiger partial charge in [-0.1, -0.05) is 17.9 Å². The first-order valence-corrected chi connectivity index (χ1v) is 6.77. The van der Waals surface area contributed by atoms with E-state index >= 15 is 0 Å². The van der Waals surface area contributed by atoms with Crippen LogP contribution in [0, 0.1) is 31.5 Å². The van der Waals surface area contributed by atoms with Crippen LogP contribution in [0.2, 0.25) is 0 Å². The fourth-order valence-electron chi connectivity index (χ4n) is 1.93. The van der Waals surface area contributed by atoms with Gasteiger partial charge in [-0.15, -0.1) is 0 Å². The Labute approximate surface area is 124 Å². The van der Waals surface area contributed by atoms with Crippen molar-refractivity contribution >= 4 is 0 Å². The van der Waals surface area contributed by atoms with Crippen LogP contribution in [0.4, 0.5) is 4.39 Å². The minimum atomic E-state index is -0.322. The van der Waals surface area contributed by atoms with E-state index in [4.69, 9.17) is 10.5 Å². The fourth-order valence-corrected chi connectivity index (χ4v) is 1.93. The highest BCUT2D eigenvalue weighted by molar-refractivity contribution is 5.38. The van der Waals surface area contributed by atoms with Gasteiger partial charge in [0.2, 0.25) is 0 Å². The number of rotatable bonds is 3. The average molecular weight is 283 g/mol. The average Bonchev–Trinajstić information content (AvgIpc) is 2.46. The van der Waals surface area contributed by atoms with Crippen LogP contribution in [0.1, 0.15) is 22.3 Å². The number of hydrogen-bond acceptors (Lipinski definition) is 2. The summed E-state index contributed by atoms with van der Waals surface area (Å²) in [6.45, 7) is 4.64. The Hall–Kier alpha value is -2.31. The van der Waals surface area contributed by atoms with Gasteiger partial charge >= 0.3 is 0 Å². The van der Waals surface area contributed by atoms with E-state index in [1.54, 1.807) is 0 Å². The summed E-state index contributed by atoms with van der Waals surface area (Å²) in [5, 5.41) is 0. The monoisotopic (exact) mass is 283 g/mol. The van der Waals surface area contributed by atoms with E-state index in [1.807, 2.05) is 38.1 Å². The van der Waals surface area contributed by atoms with E-state index in [1.165, 1.54) is 23.3 Å². The van der Waals surface area contributed by atoms with E-state index in [0.717, 1.165) is 11.3 Å². The van der Waals surface area contributed by atoms with Crippen LogP contribution < -0.4 is 10.5 Å². The summed E-state index contributed by atoms with van der Waals surface area (Å²) >= 11 is 0. The molecule has 2 N–H and O–H groups in total. The van der Waals surface area contributed by atoms with Crippen molar-refractivity contribution in [1.82, 2.24) is 0 Å². The number of halogens is 1. The van der Waals surface area contributed by atoms with Crippen molar-refractivity contribution < 1.29 is 9.13 Å². The summed E-state index contributed by atoms with van der Waals surface area (Å²) in [4.78, 5) is 0. The molecule has 0 aliphatic rings. The molecule has 2 rings (SSSR count). The SMILES string of the molecule is Cc1ccc(OCc2cc(F)cc(C#CCN)c2)cc1C. The lowest BCUT2D eigenvalue weighted by molar-refractivity contribution is 0.305. The lowest BCUT2D eigenvalue weighted by Crippen LogP contribution is -1.98. The summed E-state index contributed by atoms with van der Waals surface area (Å²) in [5.74, 6) is 6.00. The highest BCUT2D eigenvalue weighted by Crippen LogP contribution is 2.18. The normalized spacial score (nSPS) is 9.90. The first-order chi connectivity index (χ1) is 10.1. The van der Waals surface area contributed by atoms with Gasteiger partial charge in [-0.25, -0.2) is 4.39 Å². The van der Waals surface area contributed by atoms with E-state index in [-0.39, 0.29) is 12.4 Å². The van der Waals surface area contributed by atoms with Gasteiger partial charge in [0.05, 0.1) is 6.54 Å². The molecule has 21 heavy (non-hydrogen) atoms. The van der Waals surface area contributed by atoms with Crippen molar-refractivity contribution in [3.63, 3.8) is 0 Å². The fraction of sp³-hybridized carbons (Fsp3) is 0.222. The number of ether oxygens (including phenoxy) is 1. The summed E-state index contributed by atoms with van der Waals surface area (Å²) < 4.78 is 19.2. The molecule has 0 saturated heterocycles. The Morgan fingerprint density at radius 2 is 1.90 bits per heavy atom. The quantitative estimate of drug-likeness (QED) is 0.877. The van der Waals surface area contributed by atoms with Crippen molar-refractivity contribution in [3.05, 3.63) is 64.5 Å². The van der Waals surface area contributed by atoms with Crippen molar-refractivity contribution in [2.24, 2.45) is 5.73 Å². The molecule has 2 aromatic rings. The first-order valence-electron chi connectivity index (χ1n) is 6.77. The van der Waals surface area contributed by atoms with Crippen molar-refractivity contribution in [1.29, 1.82) is 0 Å². The van der Waals surface area contributed by atoms with Gasteiger partial charge in [-0.05, 0) is 60.9 Å². The Morgan fingerprint density at radius 3 is 2.62 bits per heavy atom. The molecule has 0 unspecified atom stereocenters. The van der Waals surface area contributed by atoms with Crippen LogP contribution in [0.5, 0.6) is 5.75 Å². The van der Waals surface area contributed by atoms with Gasteiger partial charge in [0, 0.05) is 5.56 Å². The Balaban J connectivity index is 2.12. The molecule has 0 aromatic heterocycles. The first kappa shape index (κ1) is 15.1. The zero-order valence-corrected chi connectivity index (χ0v) is 12.2. The molecule has 0 radical (unpaired) electrons. The number of aryl methyl sites for hydroxylation is 2. The second-order valence-corrected chi connectivity index (χ2v) is 4.89. The molecule has 0 aliphatic heterocycles. The third-order valence-corrected chi connectivity index (χ3v) is 3.18. The maximum absolute atomic E-state index is 13.5. The molecule has 0 atom stereocenters. The largest absolute Gasteiger partial charge is 0.489 e. The smallest absolute Gasteiger partial charge is 0.124 e. The Kier molecular flexibility index (Phi) is 4.97. The van der Waals surface area contributed by atoms with Crippen molar-refractivity contribution in [2.45, 2.75) is 20.5 Å². The molecule has 108 valence electrons. The van der Waals surface area contributed by atoms with Gasteiger partial charge < -0.3 is 10.5 Å². The van der Waals surface area contributed by atoms with Crippen molar-refractivity contribution in [2.75, 3.05) is 6.54 Å². The van der Waals surface area contributed by atoms with E-state index in [0.29, 0.717) is 12.2 Å². The zero-order chi connectivity index (χ0) is 15.2. The molecule has 0 bridgehead atoms. The molecule has 0 amide bonds. The van der Waals surface area contributed by atoms with Crippen LogP contribution in [0.15, 0.2) is 36.4 Å². The molecule has 0 saturated carbocycles. The lowest BCUT2D eigenvalue weighted by atomic mass is 10.1. The number of benzene rings is 2. The Morgan fingerprint density at radius 1 is 1.10 bits per heavy atom.